The van der Waals surface area contributed by atoms with Gasteiger partial charge in [-0.2, -0.15) is 30.1 Å². The number of carbonyl (C=O) groups is 3. The topological polar surface area (TPSA) is 406 Å². The number of halogens is 2. The summed E-state index contributed by atoms with van der Waals surface area (Å²) < 4.78 is 112. The minimum absolute atomic E-state index is 0.0116. The molecule has 43 heteroatoms. The van der Waals surface area contributed by atoms with Gasteiger partial charge in [0.2, 0.25) is 15.9 Å². The summed E-state index contributed by atoms with van der Waals surface area (Å²) in [4.78, 5) is 65.3. The molecule has 6 aliphatic rings. The number of ether oxygens (including phenoxy) is 13. The van der Waals surface area contributed by atoms with Crippen molar-refractivity contribution in [2.75, 3.05) is 76.1 Å². The Labute approximate surface area is 682 Å². The number of tetrazole rings is 2. The first-order valence-electron chi connectivity index (χ1n) is 39.3. The van der Waals surface area contributed by atoms with Crippen molar-refractivity contribution >= 4 is 105 Å². The molecule has 640 valence electrons. The minimum atomic E-state index is -3.51. The van der Waals surface area contributed by atoms with E-state index in [-0.39, 0.29) is 91.9 Å². The van der Waals surface area contributed by atoms with E-state index in [1.165, 1.54) is 27.6 Å². The molecule has 4 saturated heterocycles. The number of rotatable bonds is 31. The zero-order valence-corrected chi connectivity index (χ0v) is 75.4. The summed E-state index contributed by atoms with van der Waals surface area (Å²) in [5, 5.41) is 42.7. The van der Waals surface area contributed by atoms with Gasteiger partial charge in [0.25, 0.3) is 0 Å². The molecular weight excluding hydrogens is 1610 g/mol. The van der Waals surface area contributed by atoms with Crippen LogP contribution >= 0.6 is 37.5 Å². The zero-order chi connectivity index (χ0) is 84.0. The number of esters is 1. The molecule has 6 fully saturated rings. The van der Waals surface area contributed by atoms with Crippen molar-refractivity contribution in [2.45, 2.75) is 300 Å². The summed E-state index contributed by atoms with van der Waals surface area (Å²) in [7, 11) is -9.29. The number of aliphatic hydroxyl groups excluding tert-OH is 1. The molecule has 2 amide bonds. The monoisotopic (exact) mass is 1720 g/mol. The van der Waals surface area contributed by atoms with Gasteiger partial charge in [0.1, 0.15) is 62.1 Å². The number of aliphatic hydroxyl groups is 1. The maximum Gasteiger partial charge on any atom is 0.416 e. The highest BCUT2D eigenvalue weighted by molar-refractivity contribution is 7.64. The number of aromatic nitrogens is 16. The van der Waals surface area contributed by atoms with E-state index in [0.29, 0.717) is 35.5 Å². The Morgan fingerprint density at radius 3 is 1.37 bits per heavy atom. The molecule has 10 heterocycles. The first-order valence-corrected chi connectivity index (χ1v) is 52.7. The number of carbonyl (C=O) groups excluding carboxylic acids is 3. The maximum absolute atomic E-state index is 14.2. The van der Waals surface area contributed by atoms with Crippen molar-refractivity contribution in [1.82, 2.24) is 79.9 Å². The van der Waals surface area contributed by atoms with Crippen LogP contribution in [0.15, 0.2) is 12.4 Å². The van der Waals surface area contributed by atoms with Gasteiger partial charge in [0, 0.05) is 47.9 Å². The molecule has 0 bridgehead atoms. The zero-order valence-electron chi connectivity index (χ0n) is 70.1. The van der Waals surface area contributed by atoms with E-state index >= 15 is 0 Å². The number of anilines is 2. The lowest BCUT2D eigenvalue weighted by atomic mass is 10.1. The van der Waals surface area contributed by atoms with Gasteiger partial charge in [-0.05, 0) is 174 Å². The van der Waals surface area contributed by atoms with Crippen LogP contribution in [0.3, 0.4) is 0 Å². The Kier molecular flexibility index (Phi) is 27.5. The summed E-state index contributed by atoms with van der Waals surface area (Å²) in [6, 6.07) is 1.66. The summed E-state index contributed by atoms with van der Waals surface area (Å²) in [6.45, 7) is 39.6. The SMILES string of the molecule is CC(C)(C)OC(=O)N(c1nc(Cl)nc2c1cnn2[C@@H]1O[C@H](COC(CO)(Cc2nnn(COCC[Si](C)(C)C)n2)P(C)(C)=O)[C@H]2OC(C)(C)O[C@H]21)C1CCCC1.CCOC(=O)C(Cc1nnn(COCC[Si](C)(C)C)n1)(OC[C@H]1O[C@@H](n2ncc3c(N(C(=O)OC(C)(C)C)C4CCCC4)nc(Cl)nc32)[C@@H]2OC(C)(C)O[C@@H]21)P(C)(C)=O. The lowest BCUT2D eigenvalue weighted by Gasteiger charge is -2.36. The van der Waals surface area contributed by atoms with E-state index < -0.39 is 138 Å². The highest BCUT2D eigenvalue weighted by Crippen LogP contribution is 2.57. The lowest BCUT2D eigenvalue weighted by Crippen LogP contribution is -2.47. The molecule has 1 N–H and O–H groups in total. The Balaban J connectivity index is 0.000000227. The smallest absolute Gasteiger partial charge is 0.416 e. The van der Waals surface area contributed by atoms with Crippen LogP contribution in [-0.2, 0) is 102 Å². The van der Waals surface area contributed by atoms with E-state index in [1.54, 1.807) is 74.8 Å². The van der Waals surface area contributed by atoms with Crippen molar-refractivity contribution in [3.05, 3.63) is 34.6 Å². The van der Waals surface area contributed by atoms with Gasteiger partial charge >= 0.3 is 18.2 Å². The Hall–Kier alpha value is -5.72. The molecule has 2 aliphatic carbocycles. The molecule has 0 radical (unpaired) electrons. The second kappa shape index (κ2) is 35.2. The van der Waals surface area contributed by atoms with Crippen LogP contribution in [0.25, 0.3) is 22.1 Å². The van der Waals surface area contributed by atoms with Gasteiger partial charge in [-0.3, -0.25) is 9.80 Å². The van der Waals surface area contributed by atoms with Crippen molar-refractivity contribution < 1.29 is 90.2 Å². The fraction of sp³-hybridized carbons (Fsp3) is 0.792. The van der Waals surface area contributed by atoms with E-state index in [2.05, 4.69) is 100 Å². The molecule has 12 rings (SSSR count). The Bertz CT molecular complexity index is 4490. The predicted molar refractivity (Wildman–Crippen MR) is 429 cm³/mol. The molecule has 0 spiro atoms. The molecule has 6 aromatic rings. The average molecular weight is 1730 g/mol. The quantitative estimate of drug-likeness (QED) is 0.0105. The molecular formula is C72H116Cl2N18O19P2Si2. The molecule has 4 aliphatic heterocycles. The van der Waals surface area contributed by atoms with E-state index in [4.69, 9.17) is 84.8 Å². The Morgan fingerprint density at radius 1 is 0.600 bits per heavy atom. The molecule has 2 unspecified atom stereocenters. The van der Waals surface area contributed by atoms with Crippen molar-refractivity contribution in [3.63, 3.8) is 0 Å². The second-order valence-electron chi connectivity index (χ2n) is 36.3. The normalized spacial score (nSPS) is 23.8. The largest absolute Gasteiger partial charge is 0.463 e. The third-order valence-corrected chi connectivity index (χ3v) is 28.8. The van der Waals surface area contributed by atoms with Crippen LogP contribution in [0.2, 0.25) is 61.9 Å². The van der Waals surface area contributed by atoms with Gasteiger partial charge in [-0.15, -0.1) is 30.0 Å². The summed E-state index contributed by atoms with van der Waals surface area (Å²) >= 11 is 13.2. The minimum Gasteiger partial charge on any atom is -0.463 e. The van der Waals surface area contributed by atoms with Crippen LogP contribution in [0.1, 0.15) is 152 Å². The summed E-state index contributed by atoms with van der Waals surface area (Å²) in [6.07, 6.45) is 2.36. The van der Waals surface area contributed by atoms with Crippen molar-refractivity contribution in [1.29, 1.82) is 0 Å². The van der Waals surface area contributed by atoms with Crippen molar-refractivity contribution in [3.8, 4) is 0 Å². The van der Waals surface area contributed by atoms with E-state index in [1.807, 2.05) is 41.5 Å². The van der Waals surface area contributed by atoms with Crippen LogP contribution < -0.4 is 9.80 Å². The van der Waals surface area contributed by atoms with E-state index in [0.717, 1.165) is 63.5 Å². The fourth-order valence-electron chi connectivity index (χ4n) is 14.7. The van der Waals surface area contributed by atoms with Crippen LogP contribution in [-0.4, -0.2) is 268 Å². The summed E-state index contributed by atoms with van der Waals surface area (Å²) in [5.74, 6) is -1.94. The van der Waals surface area contributed by atoms with Crippen LogP contribution in [0, 0.1) is 0 Å². The third-order valence-electron chi connectivity index (χ3n) is 20.5. The van der Waals surface area contributed by atoms with Gasteiger partial charge in [0.15, 0.2) is 77.4 Å². The van der Waals surface area contributed by atoms with E-state index in [9.17, 15) is 28.6 Å². The predicted octanol–water partition coefficient (Wildman–Crippen LogP) is 11.5. The fourth-order valence-corrected chi connectivity index (χ4v) is 19.2. The number of amides is 2. The number of nitrogens with zero attached hydrogens (tertiary/aromatic N) is 18. The van der Waals surface area contributed by atoms with Gasteiger partial charge in [-0.25, -0.2) is 23.7 Å². The second-order valence-corrected chi connectivity index (χ2v) is 55.1. The first kappa shape index (κ1) is 90.1. The lowest BCUT2D eigenvalue weighted by molar-refractivity contribution is -0.207. The number of hydrogen-bond acceptors (Lipinski definition) is 31. The number of hydrogen-bond donors (Lipinski definition) is 1. The first-order chi connectivity index (χ1) is 53.6. The maximum atomic E-state index is 14.2. The van der Waals surface area contributed by atoms with Gasteiger partial charge < -0.3 is 75.8 Å². The molecule has 115 heavy (non-hydrogen) atoms. The molecule has 10 atom stereocenters. The van der Waals surface area contributed by atoms with Crippen molar-refractivity contribution in [2.24, 2.45) is 0 Å². The van der Waals surface area contributed by atoms with Gasteiger partial charge in [-0.1, -0.05) is 65.0 Å². The molecule has 37 nitrogen and oxygen atoms in total. The summed E-state index contributed by atoms with van der Waals surface area (Å²) in [5.41, 5.74) is -0.885. The molecule has 0 aromatic carbocycles. The molecule has 2 saturated carbocycles. The number of fused-ring (bicyclic) bond motifs is 4. The Morgan fingerprint density at radius 2 is 1.00 bits per heavy atom. The molecule has 6 aromatic heterocycles. The van der Waals surface area contributed by atoms with Gasteiger partial charge in [0.05, 0.1) is 56.0 Å². The standard InChI is InChI=1S/C37H59ClN9O10PSi.C35H57ClN9O9PSi/c1-12-52-32(48)37(58(7,8)50,19-26-42-44-45(43-26)22-51-17-18-59(9,10)11)53-21-25-27-28(56-36(5,6)55-27)31(54-25)47-30-24(20-39-47)29(40-33(38)41-30)46(23-15-13-14-16-23)34(49)57-35(2,3)4;1-33(2,3)54-32(47)44(22-13-11-12-14-22)28-23-18-37-45(29(23)39-31(36)38-28)30-27-26(52-34(4,5)53-27)24(51-30)19-50-35(20-46,55(6,7)48)17-25-40-42-43(41-25)21-49-15-16-56(8,9)10/h20,23,25,27-28,31H,12-19,21-22H2,1-11H3;18,22,24,26-27,30,46H,11-17,19-21H2,1-10H3/t25-,27-,28-,31-,37?;24-,26-,27-,30-,35?/m11/s1. The van der Waals surface area contributed by atoms with Crippen LogP contribution in [0.5, 0.6) is 0 Å². The van der Waals surface area contributed by atoms with Crippen LogP contribution in [0.4, 0.5) is 21.2 Å². The highest BCUT2D eigenvalue weighted by Gasteiger charge is 2.61. The highest BCUT2D eigenvalue weighted by atomic mass is 35.5. The average Bonchev–Trinajstić information content (AvgIpc) is 1.61. The third kappa shape index (κ3) is 21.5.